The average molecular weight is 399 g/mol. The lowest BCUT2D eigenvalue weighted by Crippen LogP contribution is -2.05. The van der Waals surface area contributed by atoms with Gasteiger partial charge in [-0.25, -0.2) is 14.5 Å². The van der Waals surface area contributed by atoms with Crippen LogP contribution in [0.2, 0.25) is 5.02 Å². The number of ether oxygens (including phenoxy) is 1. The van der Waals surface area contributed by atoms with Crippen LogP contribution in [0.5, 0.6) is 0 Å². The summed E-state index contributed by atoms with van der Waals surface area (Å²) < 4.78 is 7.17. The van der Waals surface area contributed by atoms with E-state index in [2.05, 4.69) is 15.3 Å². The van der Waals surface area contributed by atoms with Gasteiger partial charge in [0.15, 0.2) is 0 Å². The Bertz CT molecular complexity index is 1100. The van der Waals surface area contributed by atoms with Crippen molar-refractivity contribution in [3.05, 3.63) is 64.1 Å². The number of hydrogen-bond acceptors (Lipinski definition) is 6. The summed E-state index contributed by atoms with van der Waals surface area (Å²) in [5.41, 5.74) is 3.69. The third-order valence-electron chi connectivity index (χ3n) is 4.04. The van der Waals surface area contributed by atoms with Crippen molar-refractivity contribution < 1.29 is 9.53 Å². The van der Waals surface area contributed by atoms with Crippen molar-refractivity contribution in [2.45, 2.75) is 20.1 Å². The molecule has 2 aromatic heterocycles. The number of thiazole rings is 1. The number of halogens is 1. The Hall–Kier alpha value is -2.77. The summed E-state index contributed by atoms with van der Waals surface area (Å²) in [6, 6.07) is 12.7. The fraction of sp³-hybridized carbons (Fsp3) is 0.158. The second-order valence-corrected chi connectivity index (χ2v) is 7.13. The van der Waals surface area contributed by atoms with E-state index in [4.69, 9.17) is 16.3 Å². The molecule has 0 aliphatic heterocycles. The fourth-order valence-electron chi connectivity index (χ4n) is 2.65. The van der Waals surface area contributed by atoms with E-state index in [1.165, 1.54) is 11.3 Å². The minimum absolute atomic E-state index is 0.114. The van der Waals surface area contributed by atoms with E-state index in [1.807, 2.05) is 42.6 Å². The first-order chi connectivity index (χ1) is 13.1. The molecule has 4 rings (SSSR count). The molecule has 2 heterocycles. The molecule has 0 unspecified atom stereocenters. The number of hydrogen-bond donors (Lipinski definition) is 0. The van der Waals surface area contributed by atoms with Crippen LogP contribution in [-0.2, 0) is 17.9 Å². The summed E-state index contributed by atoms with van der Waals surface area (Å²) in [6.07, 6.45) is 0. The van der Waals surface area contributed by atoms with Gasteiger partial charge in [0.25, 0.3) is 0 Å². The van der Waals surface area contributed by atoms with Gasteiger partial charge in [-0.3, -0.25) is 0 Å². The van der Waals surface area contributed by atoms with Crippen molar-refractivity contribution in [3.63, 3.8) is 0 Å². The third-order valence-corrected chi connectivity index (χ3v) is 5.24. The van der Waals surface area contributed by atoms with Gasteiger partial charge in [0.1, 0.15) is 17.1 Å². The maximum absolute atomic E-state index is 12.3. The van der Waals surface area contributed by atoms with Crippen LogP contribution in [0.25, 0.3) is 21.6 Å². The van der Waals surface area contributed by atoms with Gasteiger partial charge in [0.2, 0.25) is 0 Å². The van der Waals surface area contributed by atoms with Crippen molar-refractivity contribution in [2.24, 2.45) is 0 Å². The zero-order valence-electron chi connectivity index (χ0n) is 14.4. The molecule has 0 aliphatic carbocycles. The van der Waals surface area contributed by atoms with Gasteiger partial charge in [0.05, 0.1) is 16.8 Å². The van der Waals surface area contributed by atoms with E-state index in [1.54, 1.807) is 16.8 Å². The van der Waals surface area contributed by atoms with Gasteiger partial charge in [-0.1, -0.05) is 28.9 Å². The Balaban J connectivity index is 1.44. The summed E-state index contributed by atoms with van der Waals surface area (Å²) in [4.78, 5) is 16.8. The molecule has 6 nitrogen and oxygen atoms in total. The lowest BCUT2D eigenvalue weighted by molar-refractivity contribution is 0.0468. The van der Waals surface area contributed by atoms with Crippen LogP contribution >= 0.6 is 22.9 Å². The Labute approximate surface area is 164 Å². The van der Waals surface area contributed by atoms with E-state index >= 15 is 0 Å². The van der Waals surface area contributed by atoms with Crippen molar-refractivity contribution >= 4 is 39.9 Å². The van der Waals surface area contributed by atoms with Gasteiger partial charge >= 0.3 is 5.97 Å². The number of esters is 1. The summed E-state index contributed by atoms with van der Waals surface area (Å²) in [5, 5.41) is 11.5. The molecule has 0 saturated heterocycles. The van der Waals surface area contributed by atoms with Gasteiger partial charge < -0.3 is 4.74 Å². The van der Waals surface area contributed by atoms with E-state index in [0.717, 1.165) is 22.6 Å². The van der Waals surface area contributed by atoms with E-state index in [9.17, 15) is 4.79 Å². The van der Waals surface area contributed by atoms with E-state index in [0.29, 0.717) is 21.8 Å². The smallest absolute Gasteiger partial charge is 0.338 e. The van der Waals surface area contributed by atoms with Crippen LogP contribution in [0.1, 0.15) is 23.0 Å². The van der Waals surface area contributed by atoms with Gasteiger partial charge in [0, 0.05) is 22.5 Å². The molecule has 0 aliphatic rings. The van der Waals surface area contributed by atoms with E-state index < -0.39 is 5.97 Å². The van der Waals surface area contributed by atoms with Crippen LogP contribution in [0.15, 0.2) is 47.8 Å². The Kier molecular flexibility index (Phi) is 4.87. The Morgan fingerprint density at radius 1 is 1.22 bits per heavy atom. The molecule has 136 valence electrons. The third kappa shape index (κ3) is 3.70. The molecular weight excluding hydrogens is 384 g/mol. The predicted molar refractivity (Wildman–Crippen MR) is 105 cm³/mol. The SMILES string of the molecule is CCn1nnc2cc(C(=O)OCc3csc(-c4ccc(Cl)cc4)n3)ccc21. The summed E-state index contributed by atoms with van der Waals surface area (Å²) in [6.45, 7) is 2.82. The maximum Gasteiger partial charge on any atom is 0.338 e. The molecule has 0 amide bonds. The first-order valence-electron chi connectivity index (χ1n) is 8.35. The van der Waals surface area contributed by atoms with Crippen molar-refractivity contribution in [2.75, 3.05) is 0 Å². The predicted octanol–water partition coefficient (Wildman–Crippen LogP) is 4.59. The molecule has 0 fully saturated rings. The number of rotatable bonds is 5. The quantitative estimate of drug-likeness (QED) is 0.460. The number of benzene rings is 2. The first kappa shape index (κ1) is 17.6. The number of aromatic nitrogens is 4. The highest BCUT2D eigenvalue weighted by molar-refractivity contribution is 7.13. The molecule has 0 saturated carbocycles. The normalized spacial score (nSPS) is 11.0. The van der Waals surface area contributed by atoms with Crippen LogP contribution in [-0.4, -0.2) is 25.9 Å². The minimum Gasteiger partial charge on any atom is -0.456 e. The van der Waals surface area contributed by atoms with Gasteiger partial charge in [-0.15, -0.1) is 16.4 Å². The van der Waals surface area contributed by atoms with E-state index in [-0.39, 0.29) is 6.61 Å². The zero-order valence-corrected chi connectivity index (χ0v) is 16.0. The van der Waals surface area contributed by atoms with Crippen LogP contribution in [0, 0.1) is 0 Å². The van der Waals surface area contributed by atoms with Gasteiger partial charge in [-0.2, -0.15) is 0 Å². The number of fused-ring (bicyclic) bond motifs is 1. The molecule has 2 aromatic carbocycles. The molecule has 0 bridgehead atoms. The van der Waals surface area contributed by atoms with Crippen molar-refractivity contribution in [3.8, 4) is 10.6 Å². The second-order valence-electron chi connectivity index (χ2n) is 5.84. The highest BCUT2D eigenvalue weighted by atomic mass is 35.5. The van der Waals surface area contributed by atoms with Gasteiger partial charge in [-0.05, 0) is 37.3 Å². The average Bonchev–Trinajstić information content (AvgIpc) is 3.33. The monoisotopic (exact) mass is 398 g/mol. The van der Waals surface area contributed by atoms with Crippen molar-refractivity contribution in [1.82, 2.24) is 20.0 Å². The minimum atomic E-state index is -0.413. The lowest BCUT2D eigenvalue weighted by Gasteiger charge is -2.03. The summed E-state index contributed by atoms with van der Waals surface area (Å²) in [5.74, 6) is -0.413. The largest absolute Gasteiger partial charge is 0.456 e. The zero-order chi connectivity index (χ0) is 18.8. The molecule has 27 heavy (non-hydrogen) atoms. The fourth-order valence-corrected chi connectivity index (χ4v) is 3.59. The molecular formula is C19H15ClN4O2S. The first-order valence-corrected chi connectivity index (χ1v) is 9.60. The molecule has 0 radical (unpaired) electrons. The standard InChI is InChI=1S/C19H15ClN4O2S/c1-2-24-17-8-5-13(9-16(17)22-23-24)19(25)26-10-15-11-27-18(21-15)12-3-6-14(20)7-4-12/h3-9,11H,2,10H2,1H3. The lowest BCUT2D eigenvalue weighted by atomic mass is 10.2. The molecule has 0 spiro atoms. The molecule has 4 aromatic rings. The summed E-state index contributed by atoms with van der Waals surface area (Å²) >= 11 is 7.41. The highest BCUT2D eigenvalue weighted by Gasteiger charge is 2.12. The number of nitrogens with zero attached hydrogens (tertiary/aromatic N) is 4. The highest BCUT2D eigenvalue weighted by Crippen LogP contribution is 2.25. The summed E-state index contributed by atoms with van der Waals surface area (Å²) in [7, 11) is 0. The number of aryl methyl sites for hydroxylation is 1. The van der Waals surface area contributed by atoms with Crippen molar-refractivity contribution in [1.29, 1.82) is 0 Å². The maximum atomic E-state index is 12.3. The topological polar surface area (TPSA) is 69.9 Å². The van der Waals surface area contributed by atoms with Crippen LogP contribution in [0.4, 0.5) is 0 Å². The molecule has 0 atom stereocenters. The second kappa shape index (κ2) is 7.46. The number of carbonyl (C=O) groups is 1. The number of carbonyl (C=O) groups excluding carboxylic acids is 1. The van der Waals surface area contributed by atoms with Crippen LogP contribution in [0.3, 0.4) is 0 Å². The Morgan fingerprint density at radius 2 is 2.04 bits per heavy atom. The van der Waals surface area contributed by atoms with Crippen LogP contribution < -0.4 is 0 Å². The Morgan fingerprint density at radius 3 is 2.81 bits per heavy atom. The molecule has 0 N–H and O–H groups in total. The molecule has 8 heteroatoms.